The molecule has 0 bridgehead atoms. The Labute approximate surface area is 157 Å². The SMILES string of the molecule is Cc1cccc(N2CC(C(=O)N3CCSCC3CC(=O)O)CC2=O)c1C. The second-order valence-electron chi connectivity index (χ2n) is 6.98. The molecule has 0 saturated carbocycles. The van der Waals surface area contributed by atoms with Crippen LogP contribution in [0.5, 0.6) is 0 Å². The molecular formula is C19H24N2O4S. The standard InChI is InChI=1S/C19H24N2O4S/c1-12-4-3-5-16(13(12)2)21-10-14(8-17(21)22)19(25)20-6-7-26-11-15(20)9-18(23)24/h3-5,14-15H,6-11H2,1-2H3,(H,23,24). The first-order chi connectivity index (χ1) is 12.4. The lowest BCUT2D eigenvalue weighted by molar-refractivity contribution is -0.142. The Balaban J connectivity index is 1.76. The third-order valence-electron chi connectivity index (χ3n) is 5.26. The molecule has 2 unspecified atom stereocenters. The van der Waals surface area contributed by atoms with E-state index in [9.17, 15) is 14.4 Å². The molecule has 1 aromatic carbocycles. The van der Waals surface area contributed by atoms with Gasteiger partial charge in [0.05, 0.1) is 18.4 Å². The molecule has 0 aromatic heterocycles. The number of hydrogen-bond acceptors (Lipinski definition) is 4. The molecule has 2 aliphatic rings. The van der Waals surface area contributed by atoms with Crippen LogP contribution < -0.4 is 4.90 Å². The Hall–Kier alpha value is -2.02. The van der Waals surface area contributed by atoms with Crippen LogP contribution in [0, 0.1) is 19.8 Å². The third-order valence-corrected chi connectivity index (χ3v) is 6.35. The van der Waals surface area contributed by atoms with E-state index < -0.39 is 11.9 Å². The van der Waals surface area contributed by atoms with Crippen LogP contribution in [-0.2, 0) is 14.4 Å². The third kappa shape index (κ3) is 3.72. The van der Waals surface area contributed by atoms with Crippen molar-refractivity contribution in [1.29, 1.82) is 0 Å². The van der Waals surface area contributed by atoms with Crippen molar-refractivity contribution in [3.8, 4) is 0 Å². The van der Waals surface area contributed by atoms with Gasteiger partial charge in [0.15, 0.2) is 0 Å². The number of carboxylic acid groups (broad SMARTS) is 1. The zero-order valence-corrected chi connectivity index (χ0v) is 15.9. The van der Waals surface area contributed by atoms with Crippen LogP contribution in [-0.4, -0.2) is 58.4 Å². The highest BCUT2D eigenvalue weighted by Crippen LogP contribution is 2.31. The number of carbonyl (C=O) groups is 3. The van der Waals surface area contributed by atoms with Gasteiger partial charge in [-0.1, -0.05) is 12.1 Å². The lowest BCUT2D eigenvalue weighted by atomic mass is 10.0. The number of thioether (sulfide) groups is 1. The number of carbonyl (C=O) groups excluding carboxylic acids is 2. The summed E-state index contributed by atoms with van der Waals surface area (Å²) in [5, 5.41) is 9.11. The van der Waals surface area contributed by atoms with Crippen LogP contribution in [0.25, 0.3) is 0 Å². The maximum absolute atomic E-state index is 13.0. The van der Waals surface area contributed by atoms with Gasteiger partial charge in [-0.3, -0.25) is 14.4 Å². The van der Waals surface area contributed by atoms with E-state index in [0.717, 1.165) is 22.6 Å². The monoisotopic (exact) mass is 376 g/mol. The lowest BCUT2D eigenvalue weighted by Gasteiger charge is -2.36. The average molecular weight is 376 g/mol. The van der Waals surface area contributed by atoms with E-state index in [2.05, 4.69) is 0 Å². The smallest absolute Gasteiger partial charge is 0.305 e. The van der Waals surface area contributed by atoms with Crippen molar-refractivity contribution in [1.82, 2.24) is 4.90 Å². The predicted octanol–water partition coefficient (Wildman–Crippen LogP) is 2.08. The maximum Gasteiger partial charge on any atom is 0.305 e. The van der Waals surface area contributed by atoms with Crippen LogP contribution in [0.1, 0.15) is 24.0 Å². The van der Waals surface area contributed by atoms with E-state index in [1.807, 2.05) is 32.0 Å². The molecule has 2 fully saturated rings. The topological polar surface area (TPSA) is 77.9 Å². The molecule has 0 radical (unpaired) electrons. The molecule has 140 valence electrons. The first-order valence-corrected chi connectivity index (χ1v) is 10.0. The maximum atomic E-state index is 13.0. The molecule has 0 aliphatic carbocycles. The molecule has 2 heterocycles. The molecule has 0 spiro atoms. The minimum Gasteiger partial charge on any atom is -0.481 e. The molecule has 1 N–H and O–H groups in total. The molecular weight excluding hydrogens is 352 g/mol. The number of rotatable bonds is 4. The van der Waals surface area contributed by atoms with Gasteiger partial charge in [-0.15, -0.1) is 0 Å². The van der Waals surface area contributed by atoms with Gasteiger partial charge in [0, 0.05) is 36.7 Å². The normalized spacial score (nSPS) is 23.4. The number of nitrogens with zero attached hydrogens (tertiary/aromatic N) is 2. The van der Waals surface area contributed by atoms with Gasteiger partial charge in [0.25, 0.3) is 0 Å². The second kappa shape index (κ2) is 7.70. The summed E-state index contributed by atoms with van der Waals surface area (Å²) in [7, 11) is 0. The Morgan fingerprint density at radius 1 is 1.31 bits per heavy atom. The number of benzene rings is 1. The zero-order chi connectivity index (χ0) is 18.8. The fraction of sp³-hybridized carbons (Fsp3) is 0.526. The zero-order valence-electron chi connectivity index (χ0n) is 15.1. The number of amides is 2. The van der Waals surface area contributed by atoms with Crippen LogP contribution in [0.4, 0.5) is 5.69 Å². The van der Waals surface area contributed by atoms with E-state index >= 15 is 0 Å². The quantitative estimate of drug-likeness (QED) is 0.870. The summed E-state index contributed by atoms with van der Waals surface area (Å²) in [5.74, 6) is 0.0235. The summed E-state index contributed by atoms with van der Waals surface area (Å²) in [5.41, 5.74) is 3.02. The second-order valence-corrected chi connectivity index (χ2v) is 8.13. The van der Waals surface area contributed by atoms with Gasteiger partial charge in [0.1, 0.15) is 0 Å². The molecule has 26 heavy (non-hydrogen) atoms. The summed E-state index contributed by atoms with van der Waals surface area (Å²) in [6.07, 6.45) is 0.149. The first kappa shape index (κ1) is 18.8. The molecule has 2 saturated heterocycles. The van der Waals surface area contributed by atoms with E-state index in [-0.39, 0.29) is 30.7 Å². The fourth-order valence-corrected chi connectivity index (χ4v) is 4.75. The van der Waals surface area contributed by atoms with Gasteiger partial charge in [0.2, 0.25) is 11.8 Å². The number of aryl methyl sites for hydroxylation is 1. The lowest BCUT2D eigenvalue weighted by Crippen LogP contribution is -2.49. The number of carboxylic acids is 1. The van der Waals surface area contributed by atoms with Crippen molar-refractivity contribution >= 4 is 35.2 Å². The number of hydrogen-bond donors (Lipinski definition) is 1. The van der Waals surface area contributed by atoms with Crippen LogP contribution in [0.2, 0.25) is 0 Å². The van der Waals surface area contributed by atoms with Crippen molar-refractivity contribution in [3.05, 3.63) is 29.3 Å². The summed E-state index contributed by atoms with van der Waals surface area (Å²) in [6.45, 7) is 4.91. The Bertz CT molecular complexity index is 736. The van der Waals surface area contributed by atoms with Crippen molar-refractivity contribution in [2.24, 2.45) is 5.92 Å². The van der Waals surface area contributed by atoms with Gasteiger partial charge >= 0.3 is 5.97 Å². The summed E-state index contributed by atoms with van der Waals surface area (Å²) < 4.78 is 0. The molecule has 1 aromatic rings. The van der Waals surface area contributed by atoms with Crippen molar-refractivity contribution in [3.63, 3.8) is 0 Å². The molecule has 7 heteroatoms. The van der Waals surface area contributed by atoms with Gasteiger partial charge < -0.3 is 14.9 Å². The van der Waals surface area contributed by atoms with Gasteiger partial charge in [-0.05, 0) is 31.0 Å². The highest BCUT2D eigenvalue weighted by molar-refractivity contribution is 7.99. The molecule has 2 aliphatic heterocycles. The minimum absolute atomic E-state index is 0.0416. The number of anilines is 1. The van der Waals surface area contributed by atoms with E-state index in [1.54, 1.807) is 21.6 Å². The Kier molecular flexibility index (Phi) is 5.55. The van der Waals surface area contributed by atoms with E-state index in [0.29, 0.717) is 18.8 Å². The molecule has 2 amide bonds. The summed E-state index contributed by atoms with van der Waals surface area (Å²) >= 11 is 1.68. The van der Waals surface area contributed by atoms with Crippen LogP contribution in [0.15, 0.2) is 18.2 Å². The summed E-state index contributed by atoms with van der Waals surface area (Å²) in [6, 6.07) is 5.55. The average Bonchev–Trinajstić information content (AvgIpc) is 2.98. The van der Waals surface area contributed by atoms with Crippen molar-refractivity contribution in [2.75, 3.05) is 29.5 Å². The van der Waals surface area contributed by atoms with Crippen molar-refractivity contribution in [2.45, 2.75) is 32.7 Å². The van der Waals surface area contributed by atoms with E-state index in [1.165, 1.54) is 0 Å². The highest BCUT2D eigenvalue weighted by Gasteiger charge is 2.40. The van der Waals surface area contributed by atoms with E-state index in [4.69, 9.17) is 5.11 Å². The first-order valence-electron chi connectivity index (χ1n) is 8.85. The Morgan fingerprint density at radius 3 is 2.81 bits per heavy atom. The number of aliphatic carboxylic acids is 1. The largest absolute Gasteiger partial charge is 0.481 e. The molecule has 3 rings (SSSR count). The minimum atomic E-state index is -0.894. The molecule has 6 nitrogen and oxygen atoms in total. The summed E-state index contributed by atoms with van der Waals surface area (Å²) in [4.78, 5) is 40.1. The highest BCUT2D eigenvalue weighted by atomic mass is 32.2. The van der Waals surface area contributed by atoms with Crippen LogP contribution >= 0.6 is 11.8 Å². The predicted molar refractivity (Wildman–Crippen MR) is 101 cm³/mol. The van der Waals surface area contributed by atoms with Crippen molar-refractivity contribution < 1.29 is 19.5 Å². The van der Waals surface area contributed by atoms with Gasteiger partial charge in [-0.25, -0.2) is 0 Å². The fourth-order valence-electron chi connectivity index (χ4n) is 3.68. The van der Waals surface area contributed by atoms with Crippen LogP contribution in [0.3, 0.4) is 0 Å². The Morgan fingerprint density at radius 2 is 2.08 bits per heavy atom. The molecule has 2 atom stereocenters. The van der Waals surface area contributed by atoms with Gasteiger partial charge in [-0.2, -0.15) is 11.8 Å².